The van der Waals surface area contributed by atoms with E-state index in [0.717, 1.165) is 22.3 Å². The number of aryl methyl sites for hydroxylation is 1. The predicted molar refractivity (Wildman–Crippen MR) is 96.5 cm³/mol. The molecule has 134 valence electrons. The van der Waals surface area contributed by atoms with E-state index in [0.29, 0.717) is 34.6 Å². The van der Waals surface area contributed by atoms with Crippen LogP contribution < -0.4 is 5.73 Å². The molecule has 3 aromatic rings. The number of anilines is 1. The molecule has 5 nitrogen and oxygen atoms in total. The lowest BCUT2D eigenvalue weighted by Crippen LogP contribution is -2.12. The number of nitrogens with one attached hydrogen (secondary N) is 2. The minimum Gasteiger partial charge on any atom is -0.398 e. The zero-order valence-electron chi connectivity index (χ0n) is 13.4. The van der Waals surface area contributed by atoms with E-state index >= 15 is 0 Å². The van der Waals surface area contributed by atoms with Gasteiger partial charge >= 0.3 is 6.18 Å². The fourth-order valence-electron chi connectivity index (χ4n) is 3.36. The van der Waals surface area contributed by atoms with Crippen molar-refractivity contribution in [2.75, 3.05) is 11.5 Å². The molecule has 1 aliphatic rings. The highest BCUT2D eigenvalue weighted by Gasteiger charge is 2.37. The van der Waals surface area contributed by atoms with Crippen LogP contribution in [0.3, 0.4) is 0 Å². The van der Waals surface area contributed by atoms with E-state index in [1.165, 1.54) is 12.4 Å². The molecule has 0 saturated heterocycles. The predicted octanol–water partition coefficient (Wildman–Crippen LogP) is 4.01. The molecule has 0 saturated carbocycles. The number of H-pyrrole nitrogens is 1. The number of hydrogen-bond donors (Lipinski definition) is 3. The molecule has 4 N–H and O–H groups in total. The highest BCUT2D eigenvalue weighted by atomic mass is 32.2. The van der Waals surface area contributed by atoms with Crippen LogP contribution in [0.2, 0.25) is 0 Å². The first-order valence-electron chi connectivity index (χ1n) is 7.85. The van der Waals surface area contributed by atoms with Crippen LogP contribution >= 0.6 is 11.8 Å². The van der Waals surface area contributed by atoms with Gasteiger partial charge in [-0.1, -0.05) is 0 Å². The Kier molecular flexibility index (Phi) is 3.91. The van der Waals surface area contributed by atoms with Crippen molar-refractivity contribution in [3.8, 4) is 11.3 Å². The minimum atomic E-state index is -4.54. The minimum absolute atomic E-state index is 0.0496. The highest BCUT2D eigenvalue weighted by molar-refractivity contribution is 7.98. The lowest BCUT2D eigenvalue weighted by Gasteiger charge is -2.22. The Balaban J connectivity index is 2.09. The van der Waals surface area contributed by atoms with Gasteiger partial charge in [0.2, 0.25) is 0 Å². The molecule has 1 aromatic carbocycles. The summed E-state index contributed by atoms with van der Waals surface area (Å²) in [5, 5.41) is 14.1. The Morgan fingerprint density at radius 2 is 2.08 bits per heavy atom. The largest absolute Gasteiger partial charge is 0.433 e. The third-order valence-corrected chi connectivity index (χ3v) is 5.49. The summed E-state index contributed by atoms with van der Waals surface area (Å²) in [6, 6.07) is 3.32. The molecule has 0 unspecified atom stereocenters. The number of halogens is 3. The van der Waals surface area contributed by atoms with Gasteiger partial charge in [-0.15, -0.1) is 0 Å². The molecule has 0 aliphatic carbocycles. The van der Waals surface area contributed by atoms with Crippen LogP contribution in [0.25, 0.3) is 22.2 Å². The first kappa shape index (κ1) is 16.9. The number of nitrogens with zero attached hydrogens (tertiary/aromatic N) is 2. The van der Waals surface area contributed by atoms with Crippen molar-refractivity contribution in [3.05, 3.63) is 40.7 Å². The fourth-order valence-corrected chi connectivity index (χ4v) is 4.36. The van der Waals surface area contributed by atoms with Gasteiger partial charge < -0.3 is 11.1 Å². The maximum atomic E-state index is 13.3. The van der Waals surface area contributed by atoms with Gasteiger partial charge in [-0.3, -0.25) is 5.10 Å². The van der Waals surface area contributed by atoms with E-state index in [1.807, 2.05) is 0 Å². The molecule has 0 fully saturated rings. The second-order valence-corrected chi connectivity index (χ2v) is 7.09. The van der Waals surface area contributed by atoms with Crippen LogP contribution in [0.1, 0.15) is 22.4 Å². The number of nitrogens with two attached hydrogens (primary N) is 1. The molecule has 3 heterocycles. The van der Waals surface area contributed by atoms with Crippen LogP contribution in [-0.4, -0.2) is 27.1 Å². The number of rotatable bonds is 2. The number of fused-ring (bicyclic) bond motifs is 3. The van der Waals surface area contributed by atoms with E-state index in [2.05, 4.69) is 15.2 Å². The fraction of sp³-hybridized carbons (Fsp3) is 0.235. The SMILES string of the molecule is N=Cc1c(N)ccc2nc(-c3cn[nH]c3C(F)(F)F)c3c(c12)CCSC3. The Morgan fingerprint density at radius 1 is 1.27 bits per heavy atom. The number of aromatic nitrogens is 3. The van der Waals surface area contributed by atoms with E-state index in [9.17, 15) is 13.2 Å². The molecular formula is C17H14F3N5S. The summed E-state index contributed by atoms with van der Waals surface area (Å²) in [5.41, 5.74) is 8.58. The summed E-state index contributed by atoms with van der Waals surface area (Å²) in [5.74, 6) is 1.41. The Bertz CT molecular complexity index is 1030. The molecule has 1 aliphatic heterocycles. The smallest absolute Gasteiger partial charge is 0.398 e. The lowest BCUT2D eigenvalue weighted by atomic mass is 9.93. The van der Waals surface area contributed by atoms with Crippen molar-refractivity contribution in [3.63, 3.8) is 0 Å². The normalized spacial score (nSPS) is 14.4. The molecule has 4 rings (SSSR count). The molecule has 0 bridgehead atoms. The second kappa shape index (κ2) is 6.01. The van der Waals surface area contributed by atoms with Gasteiger partial charge in [-0.2, -0.15) is 30.0 Å². The van der Waals surface area contributed by atoms with Gasteiger partial charge in [0, 0.05) is 28.6 Å². The maximum Gasteiger partial charge on any atom is 0.433 e. The molecule has 0 atom stereocenters. The molecule has 26 heavy (non-hydrogen) atoms. The van der Waals surface area contributed by atoms with Gasteiger partial charge in [0.1, 0.15) is 5.69 Å². The third-order valence-electron chi connectivity index (χ3n) is 4.51. The molecule has 0 radical (unpaired) electrons. The van der Waals surface area contributed by atoms with Crippen molar-refractivity contribution in [1.29, 1.82) is 5.41 Å². The second-order valence-electron chi connectivity index (χ2n) is 5.98. The number of nitrogen functional groups attached to an aromatic ring is 1. The average molecular weight is 377 g/mol. The quantitative estimate of drug-likeness (QED) is 0.465. The van der Waals surface area contributed by atoms with Gasteiger partial charge in [0.15, 0.2) is 0 Å². The van der Waals surface area contributed by atoms with Crippen LogP contribution in [0.4, 0.5) is 18.9 Å². The van der Waals surface area contributed by atoms with Crippen LogP contribution in [0, 0.1) is 5.41 Å². The summed E-state index contributed by atoms with van der Waals surface area (Å²) >= 11 is 1.65. The summed E-state index contributed by atoms with van der Waals surface area (Å²) in [6.07, 6.45) is -1.50. The highest BCUT2D eigenvalue weighted by Crippen LogP contribution is 2.42. The van der Waals surface area contributed by atoms with Crippen molar-refractivity contribution >= 4 is 34.6 Å². The Labute approximate surface area is 150 Å². The van der Waals surface area contributed by atoms with Gasteiger partial charge in [0.25, 0.3) is 0 Å². The molecule has 9 heteroatoms. The Hall–Kier alpha value is -2.55. The number of hydrogen-bond acceptors (Lipinski definition) is 5. The van der Waals surface area contributed by atoms with Gasteiger partial charge in [-0.05, 0) is 35.4 Å². The molecule has 2 aromatic heterocycles. The number of alkyl halides is 3. The van der Waals surface area contributed by atoms with Crippen LogP contribution in [0.15, 0.2) is 18.3 Å². The number of thioether (sulfide) groups is 1. The monoisotopic (exact) mass is 377 g/mol. The lowest BCUT2D eigenvalue weighted by molar-refractivity contribution is -0.140. The zero-order valence-corrected chi connectivity index (χ0v) is 14.3. The summed E-state index contributed by atoms with van der Waals surface area (Å²) in [6.45, 7) is 0. The maximum absolute atomic E-state index is 13.3. The first-order chi connectivity index (χ1) is 12.4. The molecule has 0 spiro atoms. The van der Waals surface area contributed by atoms with Crippen molar-refractivity contribution < 1.29 is 13.2 Å². The van der Waals surface area contributed by atoms with E-state index in [-0.39, 0.29) is 5.56 Å². The molecular weight excluding hydrogens is 363 g/mol. The standard InChI is InChI=1S/C17H14F3N5S/c18-17(19,20)16-10(6-23-25-16)15-11-7-26-4-3-8(11)14-9(5-21)12(22)1-2-13(14)24-15/h1-2,5-6,21H,3-4,7,22H2,(H,23,25). The van der Waals surface area contributed by atoms with Gasteiger partial charge in [0.05, 0.1) is 23.0 Å². The summed E-state index contributed by atoms with van der Waals surface area (Å²) in [4.78, 5) is 4.52. The zero-order chi connectivity index (χ0) is 18.5. The van der Waals surface area contributed by atoms with E-state index < -0.39 is 11.9 Å². The van der Waals surface area contributed by atoms with Crippen LogP contribution in [0.5, 0.6) is 0 Å². The number of aromatic amines is 1. The Morgan fingerprint density at radius 3 is 2.81 bits per heavy atom. The molecule has 0 amide bonds. The average Bonchev–Trinajstić information content (AvgIpc) is 3.11. The van der Waals surface area contributed by atoms with Gasteiger partial charge in [-0.25, -0.2) is 4.98 Å². The first-order valence-corrected chi connectivity index (χ1v) is 9.00. The van der Waals surface area contributed by atoms with E-state index in [1.54, 1.807) is 23.9 Å². The number of pyridine rings is 1. The van der Waals surface area contributed by atoms with E-state index in [4.69, 9.17) is 11.1 Å². The number of benzene rings is 1. The van der Waals surface area contributed by atoms with Crippen molar-refractivity contribution in [1.82, 2.24) is 15.2 Å². The summed E-state index contributed by atoms with van der Waals surface area (Å²) < 4.78 is 40.0. The van der Waals surface area contributed by atoms with Crippen molar-refractivity contribution in [2.45, 2.75) is 18.3 Å². The van der Waals surface area contributed by atoms with Crippen LogP contribution in [-0.2, 0) is 18.3 Å². The topological polar surface area (TPSA) is 91.4 Å². The summed E-state index contributed by atoms with van der Waals surface area (Å²) in [7, 11) is 0. The third kappa shape index (κ3) is 2.54. The van der Waals surface area contributed by atoms with Crippen molar-refractivity contribution in [2.24, 2.45) is 0 Å².